The predicted molar refractivity (Wildman–Crippen MR) is 82.6 cm³/mol. The maximum absolute atomic E-state index is 5.59. The Labute approximate surface area is 126 Å². The highest BCUT2D eigenvalue weighted by Gasteiger charge is 2.14. The van der Waals surface area contributed by atoms with Crippen LogP contribution in [-0.4, -0.2) is 33.0 Å². The summed E-state index contributed by atoms with van der Waals surface area (Å²) in [7, 11) is 1.65. The number of hydrogen-bond donors (Lipinski definition) is 1. The van der Waals surface area contributed by atoms with E-state index in [1.807, 2.05) is 18.2 Å². The highest BCUT2D eigenvalue weighted by atomic mass is 16.5. The second-order valence-corrected chi connectivity index (χ2v) is 4.97. The second-order valence-electron chi connectivity index (χ2n) is 4.97. The van der Waals surface area contributed by atoms with Gasteiger partial charge in [-0.05, 0) is 37.5 Å². The monoisotopic (exact) mass is 289 g/mol. The van der Waals surface area contributed by atoms with Crippen molar-refractivity contribution in [3.05, 3.63) is 23.8 Å². The average molecular weight is 289 g/mol. The fourth-order valence-electron chi connectivity index (χ4n) is 2.31. The number of hydrogen-bond acceptors (Lipinski definition) is 4. The third kappa shape index (κ3) is 4.96. The van der Waals surface area contributed by atoms with Gasteiger partial charge in [-0.3, -0.25) is 0 Å². The average Bonchev–Trinajstić information content (AvgIpc) is 3.02. The molecule has 0 bridgehead atoms. The SMILES string of the molecule is CC#CCOc1ccc(CNC[C@H]2CCCO2)cc1OC. The molecule has 0 amide bonds. The zero-order chi connectivity index (χ0) is 14.9. The Balaban J connectivity index is 1.86. The summed E-state index contributed by atoms with van der Waals surface area (Å²) >= 11 is 0. The molecule has 1 aromatic carbocycles. The molecular formula is C17H23NO3. The van der Waals surface area contributed by atoms with Gasteiger partial charge in [0, 0.05) is 19.7 Å². The van der Waals surface area contributed by atoms with Gasteiger partial charge in [0.15, 0.2) is 11.5 Å². The second kappa shape index (κ2) is 8.56. The van der Waals surface area contributed by atoms with E-state index in [0.29, 0.717) is 12.7 Å². The molecule has 0 aromatic heterocycles. The normalized spacial score (nSPS) is 17.1. The Morgan fingerprint density at radius 3 is 3.00 bits per heavy atom. The van der Waals surface area contributed by atoms with Gasteiger partial charge in [-0.2, -0.15) is 0 Å². The predicted octanol–water partition coefficient (Wildman–Crippen LogP) is 2.37. The number of rotatable bonds is 7. The van der Waals surface area contributed by atoms with Crippen LogP contribution in [0.4, 0.5) is 0 Å². The Bertz CT molecular complexity index is 498. The minimum atomic E-state index is 0.363. The van der Waals surface area contributed by atoms with Crippen LogP contribution in [0.2, 0.25) is 0 Å². The van der Waals surface area contributed by atoms with E-state index in [-0.39, 0.29) is 0 Å². The smallest absolute Gasteiger partial charge is 0.162 e. The lowest BCUT2D eigenvalue weighted by Gasteiger charge is -2.13. The molecule has 1 saturated heterocycles. The first kappa shape index (κ1) is 15.7. The van der Waals surface area contributed by atoms with Gasteiger partial charge >= 0.3 is 0 Å². The molecule has 0 aliphatic carbocycles. The number of nitrogens with one attached hydrogen (secondary N) is 1. The van der Waals surface area contributed by atoms with Crippen molar-refractivity contribution < 1.29 is 14.2 Å². The van der Waals surface area contributed by atoms with E-state index in [1.54, 1.807) is 14.0 Å². The fraction of sp³-hybridized carbons (Fsp3) is 0.529. The van der Waals surface area contributed by atoms with Crippen LogP contribution in [0.3, 0.4) is 0 Å². The van der Waals surface area contributed by atoms with Crippen LogP contribution < -0.4 is 14.8 Å². The van der Waals surface area contributed by atoms with E-state index >= 15 is 0 Å². The molecule has 2 rings (SSSR count). The Morgan fingerprint density at radius 2 is 2.29 bits per heavy atom. The van der Waals surface area contributed by atoms with E-state index < -0.39 is 0 Å². The van der Waals surface area contributed by atoms with Crippen LogP contribution in [0.1, 0.15) is 25.3 Å². The quantitative estimate of drug-likeness (QED) is 0.782. The third-order valence-electron chi connectivity index (χ3n) is 3.43. The standard InChI is InChI=1S/C17H23NO3/c1-3-4-9-21-16-8-7-14(11-17(16)19-2)12-18-13-15-6-5-10-20-15/h7-8,11,15,18H,5-6,9-10,12-13H2,1-2H3/t15-/m1/s1. The summed E-state index contributed by atoms with van der Waals surface area (Å²) in [4.78, 5) is 0. The molecule has 1 fully saturated rings. The lowest BCUT2D eigenvalue weighted by molar-refractivity contribution is 0.110. The van der Waals surface area contributed by atoms with E-state index in [4.69, 9.17) is 14.2 Å². The zero-order valence-corrected chi connectivity index (χ0v) is 12.8. The maximum atomic E-state index is 5.59. The van der Waals surface area contributed by atoms with Crippen molar-refractivity contribution in [1.82, 2.24) is 5.32 Å². The van der Waals surface area contributed by atoms with E-state index in [0.717, 1.165) is 37.6 Å². The Hall–Kier alpha value is -1.70. The first-order valence-corrected chi connectivity index (χ1v) is 7.35. The van der Waals surface area contributed by atoms with Gasteiger partial charge in [0.05, 0.1) is 13.2 Å². The van der Waals surface area contributed by atoms with Crippen molar-refractivity contribution in [2.45, 2.75) is 32.4 Å². The molecule has 21 heavy (non-hydrogen) atoms. The van der Waals surface area contributed by atoms with Gasteiger partial charge in [-0.15, -0.1) is 5.92 Å². The summed E-state index contributed by atoms with van der Waals surface area (Å²) in [6.07, 6.45) is 2.69. The van der Waals surface area contributed by atoms with Crippen molar-refractivity contribution in [2.24, 2.45) is 0 Å². The van der Waals surface area contributed by atoms with Crippen molar-refractivity contribution in [1.29, 1.82) is 0 Å². The Morgan fingerprint density at radius 1 is 1.38 bits per heavy atom. The van der Waals surface area contributed by atoms with Crippen LogP contribution in [-0.2, 0) is 11.3 Å². The molecule has 1 aliphatic rings. The van der Waals surface area contributed by atoms with Gasteiger partial charge in [-0.1, -0.05) is 12.0 Å². The van der Waals surface area contributed by atoms with Crippen LogP contribution in [0, 0.1) is 11.8 Å². The van der Waals surface area contributed by atoms with Gasteiger partial charge in [0.2, 0.25) is 0 Å². The molecule has 0 radical (unpaired) electrons. The maximum Gasteiger partial charge on any atom is 0.162 e. The summed E-state index contributed by atoms with van der Waals surface area (Å²) in [5.41, 5.74) is 1.17. The third-order valence-corrected chi connectivity index (χ3v) is 3.43. The van der Waals surface area contributed by atoms with Crippen LogP contribution in [0.15, 0.2) is 18.2 Å². The first-order chi connectivity index (χ1) is 10.3. The summed E-state index contributed by atoms with van der Waals surface area (Å²) in [6.45, 7) is 4.76. The highest BCUT2D eigenvalue weighted by molar-refractivity contribution is 5.43. The van der Waals surface area contributed by atoms with Gasteiger partial charge < -0.3 is 19.5 Å². The van der Waals surface area contributed by atoms with E-state index in [2.05, 4.69) is 17.2 Å². The number of benzene rings is 1. The van der Waals surface area contributed by atoms with Gasteiger partial charge in [0.25, 0.3) is 0 Å². The minimum absolute atomic E-state index is 0.363. The molecule has 1 N–H and O–H groups in total. The molecule has 0 saturated carbocycles. The van der Waals surface area contributed by atoms with Gasteiger partial charge in [-0.25, -0.2) is 0 Å². The van der Waals surface area contributed by atoms with Crippen molar-refractivity contribution in [3.8, 4) is 23.3 Å². The molecule has 114 valence electrons. The molecule has 0 unspecified atom stereocenters. The highest BCUT2D eigenvalue weighted by Crippen LogP contribution is 2.28. The van der Waals surface area contributed by atoms with Crippen molar-refractivity contribution in [3.63, 3.8) is 0 Å². The molecule has 1 heterocycles. The summed E-state index contributed by atoms with van der Waals surface area (Å²) in [5.74, 6) is 7.14. The summed E-state index contributed by atoms with van der Waals surface area (Å²) in [5, 5.41) is 3.42. The largest absolute Gasteiger partial charge is 0.493 e. The number of methoxy groups -OCH3 is 1. The zero-order valence-electron chi connectivity index (χ0n) is 12.8. The van der Waals surface area contributed by atoms with Crippen LogP contribution >= 0.6 is 0 Å². The molecule has 4 heteroatoms. The molecule has 4 nitrogen and oxygen atoms in total. The van der Waals surface area contributed by atoms with Crippen molar-refractivity contribution >= 4 is 0 Å². The molecule has 1 aliphatic heterocycles. The lowest BCUT2D eigenvalue weighted by Crippen LogP contribution is -2.25. The molecular weight excluding hydrogens is 266 g/mol. The number of ether oxygens (including phenoxy) is 3. The summed E-state index contributed by atoms with van der Waals surface area (Å²) < 4.78 is 16.5. The minimum Gasteiger partial charge on any atom is -0.493 e. The Kier molecular flexibility index (Phi) is 6.39. The van der Waals surface area contributed by atoms with Crippen LogP contribution in [0.5, 0.6) is 11.5 Å². The summed E-state index contributed by atoms with van der Waals surface area (Å²) in [6, 6.07) is 5.97. The van der Waals surface area contributed by atoms with E-state index in [9.17, 15) is 0 Å². The lowest BCUT2D eigenvalue weighted by atomic mass is 10.2. The van der Waals surface area contributed by atoms with Crippen molar-refractivity contribution in [2.75, 3.05) is 26.9 Å². The fourth-order valence-corrected chi connectivity index (χ4v) is 2.31. The molecule has 0 spiro atoms. The molecule has 1 aromatic rings. The molecule has 1 atom stereocenters. The van der Waals surface area contributed by atoms with Crippen LogP contribution in [0.25, 0.3) is 0 Å². The van der Waals surface area contributed by atoms with Gasteiger partial charge in [0.1, 0.15) is 6.61 Å². The van der Waals surface area contributed by atoms with E-state index in [1.165, 1.54) is 12.0 Å². The first-order valence-electron chi connectivity index (χ1n) is 7.35. The topological polar surface area (TPSA) is 39.7 Å².